The topological polar surface area (TPSA) is 24.1 Å². The van der Waals surface area contributed by atoms with Gasteiger partial charge in [-0.1, -0.05) is 152 Å². The van der Waals surface area contributed by atoms with Gasteiger partial charge < -0.3 is 10.6 Å². The zero-order chi connectivity index (χ0) is 48.2. The molecular weight excluding hydrogens is 821 g/mol. The van der Waals surface area contributed by atoms with Crippen molar-refractivity contribution in [1.82, 2.24) is 0 Å². The van der Waals surface area contributed by atoms with Crippen LogP contribution in [0.2, 0.25) is 0 Å². The molecule has 0 saturated carbocycles. The molecule has 0 spiro atoms. The van der Waals surface area contributed by atoms with Crippen molar-refractivity contribution in [2.24, 2.45) is 0 Å². The predicted molar refractivity (Wildman–Crippen MR) is 300 cm³/mol. The summed E-state index contributed by atoms with van der Waals surface area (Å²) in [4.78, 5) is 0. The Morgan fingerprint density at radius 3 is 0.985 bits per heavy atom. The highest BCUT2D eigenvalue weighted by molar-refractivity contribution is 5.83. The predicted octanol–water partition coefficient (Wildman–Crippen LogP) is 19.8. The van der Waals surface area contributed by atoms with Gasteiger partial charge in [0, 0.05) is 22.7 Å². The molecule has 0 unspecified atom stereocenters. The normalized spacial score (nSPS) is 11.3. The monoisotopic (exact) mass is 901 g/mol. The standard InChI is InChI=1S/C66H80N2/c1-11-15-17-19-23-55-43-64(62-36-34-60(42-46(62)6)68-66-49(9)39-58(40-50(66)10)54-31-27-52(22-14-4)28-32-54)56(24-20-18-16-12-2)44-63(55)61-35-33-59(41-45(61)5)67-65-47(7)37-57(38-48(65)8)53-29-25-51(21-13-3)26-30-53/h25-44,67-68H,11-24H2,1-10H3. The van der Waals surface area contributed by atoms with Crippen LogP contribution in [0.3, 0.4) is 0 Å². The summed E-state index contributed by atoms with van der Waals surface area (Å²) in [6.45, 7) is 22.7. The number of benzene rings is 7. The van der Waals surface area contributed by atoms with Gasteiger partial charge in [0.2, 0.25) is 0 Å². The lowest BCUT2D eigenvalue weighted by molar-refractivity contribution is 0.664. The zero-order valence-corrected chi connectivity index (χ0v) is 43.4. The third kappa shape index (κ3) is 12.4. The van der Waals surface area contributed by atoms with Gasteiger partial charge in [-0.15, -0.1) is 0 Å². The fourth-order valence-corrected chi connectivity index (χ4v) is 10.4. The lowest BCUT2D eigenvalue weighted by atomic mass is 9.85. The van der Waals surface area contributed by atoms with Gasteiger partial charge in [-0.25, -0.2) is 0 Å². The van der Waals surface area contributed by atoms with Crippen molar-refractivity contribution < 1.29 is 0 Å². The lowest BCUT2D eigenvalue weighted by Crippen LogP contribution is -2.02. The third-order valence-corrected chi connectivity index (χ3v) is 14.2. The quantitative estimate of drug-likeness (QED) is 0.0663. The molecule has 0 aromatic heterocycles. The van der Waals surface area contributed by atoms with Gasteiger partial charge in [0.15, 0.2) is 0 Å². The molecule has 7 aromatic carbocycles. The van der Waals surface area contributed by atoms with Crippen LogP contribution < -0.4 is 10.6 Å². The van der Waals surface area contributed by atoms with E-state index >= 15 is 0 Å². The van der Waals surface area contributed by atoms with Crippen molar-refractivity contribution in [2.75, 3.05) is 10.6 Å². The molecule has 0 amide bonds. The molecule has 2 nitrogen and oxygen atoms in total. The molecule has 0 bridgehead atoms. The highest BCUT2D eigenvalue weighted by Crippen LogP contribution is 2.40. The summed E-state index contributed by atoms with van der Waals surface area (Å²) >= 11 is 0. The molecule has 2 N–H and O–H groups in total. The van der Waals surface area contributed by atoms with Gasteiger partial charge in [0.05, 0.1) is 0 Å². The van der Waals surface area contributed by atoms with E-state index in [9.17, 15) is 0 Å². The van der Waals surface area contributed by atoms with E-state index in [0.717, 1.165) is 37.1 Å². The van der Waals surface area contributed by atoms with E-state index in [4.69, 9.17) is 0 Å². The van der Waals surface area contributed by atoms with Crippen LogP contribution in [0.4, 0.5) is 22.7 Å². The molecule has 0 fully saturated rings. The van der Waals surface area contributed by atoms with Gasteiger partial charge >= 0.3 is 0 Å². The van der Waals surface area contributed by atoms with E-state index in [2.05, 4.69) is 201 Å². The Labute approximate surface area is 412 Å². The van der Waals surface area contributed by atoms with Crippen LogP contribution in [0, 0.1) is 41.5 Å². The maximum absolute atomic E-state index is 3.85. The van der Waals surface area contributed by atoms with Gasteiger partial charge in [0.25, 0.3) is 0 Å². The highest BCUT2D eigenvalue weighted by Gasteiger charge is 2.18. The number of hydrogen-bond donors (Lipinski definition) is 2. The molecule has 0 saturated heterocycles. The van der Waals surface area contributed by atoms with Gasteiger partial charge in [0.1, 0.15) is 0 Å². The summed E-state index contributed by atoms with van der Waals surface area (Å²) in [5.41, 5.74) is 28.7. The van der Waals surface area contributed by atoms with Crippen molar-refractivity contribution >= 4 is 22.7 Å². The maximum atomic E-state index is 3.85. The third-order valence-electron chi connectivity index (χ3n) is 14.2. The molecule has 354 valence electrons. The van der Waals surface area contributed by atoms with Crippen LogP contribution in [0.1, 0.15) is 148 Å². The smallest absolute Gasteiger partial charge is 0.0444 e. The molecule has 0 aliphatic rings. The minimum absolute atomic E-state index is 1.08. The average molecular weight is 901 g/mol. The van der Waals surface area contributed by atoms with Crippen LogP contribution in [0.15, 0.2) is 121 Å². The SMILES string of the molecule is CCCCCCc1cc(-c2ccc(Nc3c(C)cc(-c4ccc(CCC)cc4)cc3C)cc2C)c(CCCCCC)cc1-c1ccc(Nc2c(C)cc(-c3ccc(CCC)cc3)cc2C)cc1C. The molecule has 0 atom stereocenters. The van der Waals surface area contributed by atoms with Crippen LogP contribution in [-0.4, -0.2) is 0 Å². The van der Waals surface area contributed by atoms with Crippen molar-refractivity contribution in [2.45, 2.75) is 159 Å². The lowest BCUT2D eigenvalue weighted by Gasteiger charge is -2.21. The van der Waals surface area contributed by atoms with E-state index in [1.807, 2.05) is 0 Å². The molecule has 7 aromatic rings. The molecular formula is C66H80N2. The first kappa shape index (κ1) is 50.0. The van der Waals surface area contributed by atoms with Crippen molar-refractivity contribution in [3.05, 3.63) is 177 Å². The second kappa shape index (κ2) is 23.9. The first-order chi connectivity index (χ1) is 33.0. The molecule has 0 heterocycles. The Bertz CT molecular complexity index is 2530. The summed E-state index contributed by atoms with van der Waals surface area (Å²) in [5, 5.41) is 7.70. The van der Waals surface area contributed by atoms with Crippen molar-refractivity contribution in [1.29, 1.82) is 0 Å². The Balaban J connectivity index is 1.19. The van der Waals surface area contributed by atoms with Crippen LogP contribution in [-0.2, 0) is 25.7 Å². The fraction of sp³-hybridized carbons (Fsp3) is 0.364. The van der Waals surface area contributed by atoms with E-state index < -0.39 is 0 Å². The summed E-state index contributed by atoms with van der Waals surface area (Å²) < 4.78 is 0. The summed E-state index contributed by atoms with van der Waals surface area (Å²) in [6, 6.07) is 46.9. The number of aryl methyl sites for hydroxylation is 10. The molecule has 68 heavy (non-hydrogen) atoms. The van der Waals surface area contributed by atoms with Gasteiger partial charge in [-0.3, -0.25) is 0 Å². The number of unbranched alkanes of at least 4 members (excludes halogenated alkanes) is 6. The van der Waals surface area contributed by atoms with Crippen molar-refractivity contribution in [3.63, 3.8) is 0 Å². The summed E-state index contributed by atoms with van der Waals surface area (Å²) in [5.74, 6) is 0. The minimum Gasteiger partial charge on any atom is -0.355 e. The number of anilines is 4. The first-order valence-corrected chi connectivity index (χ1v) is 26.3. The summed E-state index contributed by atoms with van der Waals surface area (Å²) in [7, 11) is 0. The average Bonchev–Trinajstić information content (AvgIpc) is 3.32. The second-order valence-electron chi connectivity index (χ2n) is 20.0. The largest absolute Gasteiger partial charge is 0.355 e. The Hall–Kier alpha value is -5.86. The number of nitrogens with one attached hydrogen (secondary N) is 2. The van der Waals surface area contributed by atoms with Gasteiger partial charge in [-0.2, -0.15) is 0 Å². The fourth-order valence-electron chi connectivity index (χ4n) is 10.4. The minimum atomic E-state index is 1.08. The number of rotatable bonds is 22. The first-order valence-electron chi connectivity index (χ1n) is 26.3. The second-order valence-corrected chi connectivity index (χ2v) is 20.0. The molecule has 0 radical (unpaired) electrons. The van der Waals surface area contributed by atoms with E-state index in [0.29, 0.717) is 0 Å². The molecule has 7 rings (SSSR count). The Morgan fingerprint density at radius 2 is 0.662 bits per heavy atom. The van der Waals surface area contributed by atoms with E-state index in [1.54, 1.807) is 0 Å². The molecule has 2 heteroatoms. The number of hydrogen-bond acceptors (Lipinski definition) is 2. The Kier molecular flexibility index (Phi) is 17.6. The summed E-state index contributed by atoms with van der Waals surface area (Å²) in [6.07, 6.45) is 16.7. The van der Waals surface area contributed by atoms with Gasteiger partial charge in [-0.05, 0) is 229 Å². The van der Waals surface area contributed by atoms with E-state index in [1.165, 1.54) is 176 Å². The maximum Gasteiger partial charge on any atom is 0.0444 e. The van der Waals surface area contributed by atoms with Crippen LogP contribution >= 0.6 is 0 Å². The highest BCUT2D eigenvalue weighted by atomic mass is 14.9. The van der Waals surface area contributed by atoms with Crippen molar-refractivity contribution in [3.8, 4) is 44.5 Å². The molecule has 0 aliphatic heterocycles. The zero-order valence-electron chi connectivity index (χ0n) is 43.4. The molecule has 0 aliphatic carbocycles. The van der Waals surface area contributed by atoms with Crippen LogP contribution in [0.5, 0.6) is 0 Å². The van der Waals surface area contributed by atoms with Crippen LogP contribution in [0.25, 0.3) is 44.5 Å². The Morgan fingerprint density at radius 1 is 0.294 bits per heavy atom. The van der Waals surface area contributed by atoms with E-state index in [-0.39, 0.29) is 0 Å².